The molecule has 0 spiro atoms. The Hall–Kier alpha value is -3.27. The maximum atomic E-state index is 12.9. The van der Waals surface area contributed by atoms with Crippen LogP contribution in [0.15, 0.2) is 41.1 Å². The summed E-state index contributed by atoms with van der Waals surface area (Å²) in [7, 11) is 1.55. The minimum Gasteiger partial charge on any atom is -0.497 e. The number of carbonyl (C=O) groups excluding carboxylic acids is 1. The van der Waals surface area contributed by atoms with Gasteiger partial charge in [0.05, 0.1) is 28.3 Å². The van der Waals surface area contributed by atoms with E-state index in [1.165, 1.54) is 0 Å². The largest absolute Gasteiger partial charge is 0.497 e. The summed E-state index contributed by atoms with van der Waals surface area (Å²) in [6.45, 7) is 1.29. The molecule has 1 saturated heterocycles. The Kier molecular flexibility index (Phi) is 5.99. The quantitative estimate of drug-likeness (QED) is 0.434. The normalized spacial score (nSPS) is 16.2. The molecule has 4 N–H and O–H groups in total. The first kappa shape index (κ1) is 21.0. The van der Waals surface area contributed by atoms with Crippen LogP contribution in [0.5, 0.6) is 5.75 Å². The molecule has 3 aromatic rings. The van der Waals surface area contributed by atoms with Gasteiger partial charge in [-0.1, -0.05) is 6.07 Å². The maximum absolute atomic E-state index is 12.9. The number of anilines is 2. The van der Waals surface area contributed by atoms with Gasteiger partial charge in [0.1, 0.15) is 11.4 Å². The van der Waals surface area contributed by atoms with Crippen molar-refractivity contribution >= 4 is 50.3 Å². The number of ether oxygens (including phenoxy) is 1. The number of aromatic amines is 1. The number of nitrogens with zero attached hydrogens (tertiary/aromatic N) is 2. The van der Waals surface area contributed by atoms with Gasteiger partial charge < -0.3 is 30.4 Å². The van der Waals surface area contributed by atoms with E-state index in [4.69, 9.17) is 9.84 Å². The summed E-state index contributed by atoms with van der Waals surface area (Å²) in [5, 5.41) is 15.4. The Balaban J connectivity index is 1.67. The van der Waals surface area contributed by atoms with Crippen LogP contribution in [0.2, 0.25) is 0 Å². The molecule has 1 fully saturated rings. The average Bonchev–Trinajstić information content (AvgIpc) is 3.16. The van der Waals surface area contributed by atoms with Crippen molar-refractivity contribution in [2.75, 3.05) is 30.4 Å². The van der Waals surface area contributed by atoms with Crippen molar-refractivity contribution in [1.29, 1.82) is 0 Å². The summed E-state index contributed by atoms with van der Waals surface area (Å²) in [6, 6.07) is 6.76. The van der Waals surface area contributed by atoms with E-state index in [2.05, 4.69) is 41.4 Å². The van der Waals surface area contributed by atoms with Crippen molar-refractivity contribution < 1.29 is 19.4 Å². The zero-order valence-corrected chi connectivity index (χ0v) is 18.4. The lowest BCUT2D eigenvalue weighted by atomic mass is 10.0. The van der Waals surface area contributed by atoms with Gasteiger partial charge >= 0.3 is 6.09 Å². The fourth-order valence-corrected chi connectivity index (χ4v) is 4.45. The van der Waals surface area contributed by atoms with Crippen molar-refractivity contribution in [3.8, 4) is 5.75 Å². The number of amides is 2. The molecular weight excluding hydrogens is 466 g/mol. The molecule has 2 amide bonds. The summed E-state index contributed by atoms with van der Waals surface area (Å²) >= 11 is 3.59. The molecule has 0 radical (unpaired) electrons. The molecule has 9 nitrogen and oxygen atoms in total. The topological polar surface area (TPSA) is 120 Å². The van der Waals surface area contributed by atoms with Crippen LogP contribution >= 0.6 is 15.9 Å². The minimum atomic E-state index is -1.03. The number of hydrogen-bond donors (Lipinski definition) is 4. The van der Waals surface area contributed by atoms with Gasteiger partial charge in [0.25, 0.3) is 5.91 Å². The molecule has 1 atom stereocenters. The highest BCUT2D eigenvalue weighted by Crippen LogP contribution is 2.39. The van der Waals surface area contributed by atoms with Crippen LogP contribution in [0.25, 0.3) is 11.0 Å². The zero-order valence-electron chi connectivity index (χ0n) is 16.8. The second kappa shape index (κ2) is 8.84. The van der Waals surface area contributed by atoms with Crippen LogP contribution in [0.4, 0.5) is 16.2 Å². The summed E-state index contributed by atoms with van der Waals surface area (Å²) in [5.41, 5.74) is 2.57. The molecule has 0 aliphatic carbocycles. The highest BCUT2D eigenvalue weighted by molar-refractivity contribution is 9.10. The number of fused-ring (bicyclic) bond motifs is 1. The van der Waals surface area contributed by atoms with Crippen LogP contribution in [-0.2, 0) is 0 Å². The van der Waals surface area contributed by atoms with Gasteiger partial charge in [-0.25, -0.2) is 9.78 Å². The van der Waals surface area contributed by atoms with E-state index in [1.807, 2.05) is 0 Å². The number of halogens is 1. The minimum absolute atomic E-state index is 0.171. The fourth-order valence-electron chi connectivity index (χ4n) is 3.89. The highest BCUT2D eigenvalue weighted by Gasteiger charge is 2.26. The van der Waals surface area contributed by atoms with Gasteiger partial charge in [-0.2, -0.15) is 0 Å². The van der Waals surface area contributed by atoms with E-state index in [-0.39, 0.29) is 11.9 Å². The lowest BCUT2D eigenvalue weighted by molar-refractivity contribution is 0.102. The lowest BCUT2D eigenvalue weighted by Crippen LogP contribution is -2.47. The Morgan fingerprint density at radius 1 is 1.39 bits per heavy atom. The van der Waals surface area contributed by atoms with Crippen molar-refractivity contribution in [2.45, 2.75) is 18.9 Å². The number of pyridine rings is 1. The van der Waals surface area contributed by atoms with Crippen molar-refractivity contribution in [1.82, 2.24) is 15.3 Å². The molecule has 162 valence electrons. The van der Waals surface area contributed by atoms with Gasteiger partial charge in [0.2, 0.25) is 0 Å². The average molecular weight is 488 g/mol. The SMILES string of the molecule is COc1cccc(C(=O)Nc2c[nH]c3ncc(Br)c(N4CCCC(NC(=O)O)C4)c23)c1. The smallest absolute Gasteiger partial charge is 0.404 e. The van der Waals surface area contributed by atoms with E-state index in [9.17, 15) is 9.59 Å². The summed E-state index contributed by atoms with van der Waals surface area (Å²) in [4.78, 5) is 33.6. The molecule has 0 saturated carbocycles. The second-order valence-electron chi connectivity index (χ2n) is 7.30. The van der Waals surface area contributed by atoms with Gasteiger partial charge in [0.15, 0.2) is 0 Å². The predicted octanol–water partition coefficient (Wildman–Crippen LogP) is 3.82. The van der Waals surface area contributed by atoms with Crippen molar-refractivity contribution in [3.63, 3.8) is 0 Å². The predicted molar refractivity (Wildman–Crippen MR) is 121 cm³/mol. The van der Waals surface area contributed by atoms with Crippen molar-refractivity contribution in [3.05, 3.63) is 46.7 Å². The number of benzene rings is 1. The first-order valence-electron chi connectivity index (χ1n) is 9.81. The van der Waals surface area contributed by atoms with Gasteiger partial charge in [-0.15, -0.1) is 0 Å². The third-order valence-corrected chi connectivity index (χ3v) is 5.86. The second-order valence-corrected chi connectivity index (χ2v) is 8.16. The van der Waals surface area contributed by atoms with Gasteiger partial charge in [-0.3, -0.25) is 4.79 Å². The summed E-state index contributed by atoms with van der Waals surface area (Å²) in [5.74, 6) is 0.330. The first-order chi connectivity index (χ1) is 15.0. The zero-order chi connectivity index (χ0) is 22.0. The number of nitrogens with one attached hydrogen (secondary N) is 3. The number of piperidine rings is 1. The molecule has 1 aromatic carbocycles. The van der Waals surface area contributed by atoms with E-state index in [0.717, 1.165) is 34.9 Å². The van der Waals surface area contributed by atoms with Crippen LogP contribution in [0, 0.1) is 0 Å². The molecule has 1 aliphatic rings. The Bertz CT molecular complexity index is 1130. The van der Waals surface area contributed by atoms with E-state index in [0.29, 0.717) is 29.2 Å². The van der Waals surface area contributed by atoms with E-state index in [1.54, 1.807) is 43.8 Å². The Morgan fingerprint density at radius 3 is 3.00 bits per heavy atom. The highest BCUT2D eigenvalue weighted by atomic mass is 79.9. The van der Waals surface area contributed by atoms with E-state index < -0.39 is 6.09 Å². The first-order valence-corrected chi connectivity index (χ1v) is 10.6. The Labute approximate surface area is 186 Å². The van der Waals surface area contributed by atoms with Gasteiger partial charge in [-0.05, 0) is 47.0 Å². The molecule has 31 heavy (non-hydrogen) atoms. The fraction of sp³-hybridized carbons (Fsp3) is 0.286. The molecule has 3 heterocycles. The summed E-state index contributed by atoms with van der Waals surface area (Å²) in [6.07, 6.45) is 4.01. The van der Waals surface area contributed by atoms with Crippen LogP contribution < -0.4 is 20.3 Å². The number of methoxy groups -OCH3 is 1. The molecule has 2 aromatic heterocycles. The lowest BCUT2D eigenvalue weighted by Gasteiger charge is -2.35. The number of carbonyl (C=O) groups is 2. The number of rotatable bonds is 5. The van der Waals surface area contributed by atoms with Gasteiger partial charge in [0, 0.05) is 37.1 Å². The van der Waals surface area contributed by atoms with Crippen LogP contribution in [-0.4, -0.2) is 53.3 Å². The Morgan fingerprint density at radius 2 is 2.23 bits per heavy atom. The number of carboxylic acid groups (broad SMARTS) is 1. The molecule has 1 aliphatic heterocycles. The third-order valence-electron chi connectivity index (χ3n) is 5.27. The molecule has 1 unspecified atom stereocenters. The van der Waals surface area contributed by atoms with Crippen LogP contribution in [0.1, 0.15) is 23.2 Å². The number of H-pyrrole nitrogens is 1. The molecule has 10 heteroatoms. The maximum Gasteiger partial charge on any atom is 0.404 e. The molecule has 4 rings (SSSR count). The number of hydrogen-bond acceptors (Lipinski definition) is 5. The van der Waals surface area contributed by atoms with Crippen LogP contribution in [0.3, 0.4) is 0 Å². The number of aromatic nitrogens is 2. The van der Waals surface area contributed by atoms with E-state index >= 15 is 0 Å². The molecular formula is C21H22BrN5O4. The summed E-state index contributed by atoms with van der Waals surface area (Å²) < 4.78 is 5.98. The standard InChI is InChI=1S/C21H22BrN5O4/c1-31-14-6-2-4-12(8-14)20(28)26-16-10-24-19-17(16)18(15(22)9-23-19)27-7-3-5-13(11-27)25-21(29)30/h2,4,6,8-10,13,25H,3,5,7,11H2,1H3,(H,23,24)(H,26,28)(H,29,30). The monoisotopic (exact) mass is 487 g/mol. The third kappa shape index (κ3) is 4.43. The van der Waals surface area contributed by atoms with Crippen molar-refractivity contribution in [2.24, 2.45) is 0 Å². The molecule has 0 bridgehead atoms.